The van der Waals surface area contributed by atoms with E-state index in [-0.39, 0.29) is 0 Å². The van der Waals surface area contributed by atoms with Gasteiger partial charge in [0.25, 0.3) is 0 Å². The second-order valence-corrected chi connectivity index (χ2v) is 4.99. The van der Waals surface area contributed by atoms with E-state index in [2.05, 4.69) is 17.3 Å². The average Bonchev–Trinajstić information content (AvgIpc) is 2.94. The highest BCUT2D eigenvalue weighted by Gasteiger charge is 2.23. The van der Waals surface area contributed by atoms with E-state index in [9.17, 15) is 0 Å². The predicted molar refractivity (Wildman–Crippen MR) is 69.7 cm³/mol. The van der Waals surface area contributed by atoms with E-state index >= 15 is 0 Å². The minimum Gasteiger partial charge on any atom is -0.481 e. The van der Waals surface area contributed by atoms with Crippen molar-refractivity contribution in [2.45, 2.75) is 32.9 Å². The highest BCUT2D eigenvalue weighted by atomic mass is 16.5. The summed E-state index contributed by atoms with van der Waals surface area (Å²) in [6.45, 7) is 6.80. The van der Waals surface area contributed by atoms with Crippen LogP contribution < -0.4 is 10.1 Å². The van der Waals surface area contributed by atoms with Gasteiger partial charge in [0.2, 0.25) is 5.88 Å². The zero-order valence-corrected chi connectivity index (χ0v) is 11.7. The number of hydrogen-bond acceptors (Lipinski definition) is 4. The maximum Gasteiger partial charge on any atom is 0.216 e. The van der Waals surface area contributed by atoms with E-state index in [4.69, 9.17) is 9.47 Å². The van der Waals surface area contributed by atoms with Gasteiger partial charge in [-0.05, 0) is 26.2 Å². The Morgan fingerprint density at radius 2 is 2.39 bits per heavy atom. The zero-order chi connectivity index (χ0) is 13.1. The van der Waals surface area contributed by atoms with Crippen LogP contribution in [0.1, 0.15) is 24.6 Å². The highest BCUT2D eigenvalue weighted by Crippen LogP contribution is 2.22. The molecule has 1 aliphatic rings. The number of aromatic nitrogens is 2. The van der Waals surface area contributed by atoms with E-state index in [1.165, 1.54) is 0 Å². The van der Waals surface area contributed by atoms with Gasteiger partial charge in [-0.15, -0.1) is 0 Å². The lowest BCUT2D eigenvalue weighted by atomic mass is 10.0. The van der Waals surface area contributed by atoms with Crippen LogP contribution in [0.2, 0.25) is 0 Å². The first-order valence-electron chi connectivity index (χ1n) is 6.51. The Hall–Kier alpha value is -1.07. The van der Waals surface area contributed by atoms with Gasteiger partial charge in [-0.1, -0.05) is 0 Å². The van der Waals surface area contributed by atoms with Gasteiger partial charge in [0.05, 0.1) is 25.0 Å². The Bertz CT molecular complexity index is 397. The molecule has 1 saturated heterocycles. The van der Waals surface area contributed by atoms with E-state index in [1.807, 2.05) is 14.0 Å². The van der Waals surface area contributed by atoms with Crippen LogP contribution in [-0.4, -0.2) is 36.1 Å². The van der Waals surface area contributed by atoms with Crippen LogP contribution in [0.3, 0.4) is 0 Å². The lowest BCUT2D eigenvalue weighted by Gasteiger charge is -2.19. The lowest BCUT2D eigenvalue weighted by Crippen LogP contribution is -2.33. The first kappa shape index (κ1) is 13.4. The molecule has 0 aromatic carbocycles. The molecule has 0 saturated carbocycles. The number of aryl methyl sites for hydroxylation is 2. The molecule has 2 atom stereocenters. The molecule has 2 unspecified atom stereocenters. The van der Waals surface area contributed by atoms with Crippen molar-refractivity contribution in [3.8, 4) is 5.88 Å². The minimum absolute atomic E-state index is 0.455. The van der Waals surface area contributed by atoms with Crippen LogP contribution in [0.25, 0.3) is 0 Å². The standard InChI is InChI=1S/C13H23N3O2/c1-9(11-5-6-18-8-11)14-7-12-10(2)15-16(3)13(12)17-4/h9,11,14H,5-8H2,1-4H3. The zero-order valence-electron chi connectivity index (χ0n) is 11.7. The molecule has 1 aliphatic heterocycles. The largest absolute Gasteiger partial charge is 0.481 e. The third-order valence-electron chi connectivity index (χ3n) is 3.75. The maximum absolute atomic E-state index is 5.42. The summed E-state index contributed by atoms with van der Waals surface area (Å²) < 4.78 is 12.6. The van der Waals surface area contributed by atoms with Gasteiger partial charge < -0.3 is 14.8 Å². The molecule has 2 heterocycles. The van der Waals surface area contributed by atoms with Crippen molar-refractivity contribution in [2.75, 3.05) is 20.3 Å². The van der Waals surface area contributed by atoms with Crippen LogP contribution in [-0.2, 0) is 18.3 Å². The second kappa shape index (κ2) is 5.71. The number of hydrogen-bond donors (Lipinski definition) is 1. The molecule has 1 fully saturated rings. The van der Waals surface area contributed by atoms with Crippen LogP contribution in [0.4, 0.5) is 0 Å². The molecule has 5 heteroatoms. The molecule has 1 N–H and O–H groups in total. The van der Waals surface area contributed by atoms with E-state index in [0.717, 1.165) is 43.3 Å². The molecule has 2 rings (SSSR count). The summed E-state index contributed by atoms with van der Waals surface area (Å²) in [6.07, 6.45) is 1.15. The molecule has 102 valence electrons. The molecule has 0 radical (unpaired) electrons. The van der Waals surface area contributed by atoms with Crippen LogP contribution in [0, 0.1) is 12.8 Å². The molecule has 5 nitrogen and oxygen atoms in total. The number of ether oxygens (including phenoxy) is 2. The third-order valence-corrected chi connectivity index (χ3v) is 3.75. The first-order valence-corrected chi connectivity index (χ1v) is 6.51. The van der Waals surface area contributed by atoms with Gasteiger partial charge in [-0.3, -0.25) is 0 Å². The van der Waals surface area contributed by atoms with Gasteiger partial charge in [-0.25, -0.2) is 4.68 Å². The van der Waals surface area contributed by atoms with Gasteiger partial charge in [0, 0.05) is 26.2 Å². The molecule has 18 heavy (non-hydrogen) atoms. The normalized spacial score (nSPS) is 21.2. The Morgan fingerprint density at radius 3 is 3.00 bits per heavy atom. The molecule has 1 aromatic heterocycles. The van der Waals surface area contributed by atoms with Gasteiger partial charge in [-0.2, -0.15) is 5.10 Å². The van der Waals surface area contributed by atoms with E-state index < -0.39 is 0 Å². The van der Waals surface area contributed by atoms with Crippen molar-refractivity contribution in [2.24, 2.45) is 13.0 Å². The molecular formula is C13H23N3O2. The summed E-state index contributed by atoms with van der Waals surface area (Å²) in [5.74, 6) is 1.46. The molecule has 0 spiro atoms. The van der Waals surface area contributed by atoms with Crippen molar-refractivity contribution in [1.82, 2.24) is 15.1 Å². The maximum atomic E-state index is 5.42. The molecule has 0 amide bonds. The number of rotatable bonds is 5. The van der Waals surface area contributed by atoms with Crippen molar-refractivity contribution in [1.29, 1.82) is 0 Å². The van der Waals surface area contributed by atoms with E-state index in [0.29, 0.717) is 12.0 Å². The molecule has 0 bridgehead atoms. The Labute approximate surface area is 108 Å². The van der Waals surface area contributed by atoms with Gasteiger partial charge in [0.1, 0.15) is 0 Å². The summed E-state index contributed by atoms with van der Waals surface area (Å²) >= 11 is 0. The van der Waals surface area contributed by atoms with Crippen molar-refractivity contribution < 1.29 is 9.47 Å². The topological polar surface area (TPSA) is 48.3 Å². The van der Waals surface area contributed by atoms with Gasteiger partial charge in [0.15, 0.2) is 0 Å². The fraction of sp³-hybridized carbons (Fsp3) is 0.769. The van der Waals surface area contributed by atoms with Crippen LogP contribution in [0.5, 0.6) is 5.88 Å². The Balaban J connectivity index is 1.97. The smallest absolute Gasteiger partial charge is 0.216 e. The van der Waals surface area contributed by atoms with Crippen LogP contribution in [0.15, 0.2) is 0 Å². The number of nitrogens with one attached hydrogen (secondary N) is 1. The highest BCUT2D eigenvalue weighted by molar-refractivity contribution is 5.30. The molecule has 1 aromatic rings. The number of nitrogens with zero attached hydrogens (tertiary/aromatic N) is 2. The van der Waals surface area contributed by atoms with Crippen LogP contribution >= 0.6 is 0 Å². The first-order chi connectivity index (χ1) is 8.63. The van der Waals surface area contributed by atoms with Crippen molar-refractivity contribution >= 4 is 0 Å². The molecular weight excluding hydrogens is 230 g/mol. The summed E-state index contributed by atoms with van der Waals surface area (Å²) in [7, 11) is 3.60. The summed E-state index contributed by atoms with van der Waals surface area (Å²) in [5.41, 5.74) is 2.17. The third kappa shape index (κ3) is 2.67. The minimum atomic E-state index is 0.455. The summed E-state index contributed by atoms with van der Waals surface area (Å²) in [6, 6.07) is 0.455. The van der Waals surface area contributed by atoms with Crippen molar-refractivity contribution in [3.05, 3.63) is 11.3 Å². The van der Waals surface area contributed by atoms with Gasteiger partial charge >= 0.3 is 0 Å². The summed E-state index contributed by atoms with van der Waals surface area (Å²) in [5, 5.41) is 7.94. The number of methoxy groups -OCH3 is 1. The van der Waals surface area contributed by atoms with E-state index in [1.54, 1.807) is 11.8 Å². The quantitative estimate of drug-likeness (QED) is 0.858. The Kier molecular flexibility index (Phi) is 4.24. The fourth-order valence-electron chi connectivity index (χ4n) is 2.52. The lowest BCUT2D eigenvalue weighted by molar-refractivity contribution is 0.178. The predicted octanol–water partition coefficient (Wildman–Crippen LogP) is 1.25. The monoisotopic (exact) mass is 253 g/mol. The second-order valence-electron chi connectivity index (χ2n) is 4.99. The Morgan fingerprint density at radius 1 is 1.61 bits per heavy atom. The SMILES string of the molecule is COc1c(CNC(C)C2CCOC2)c(C)nn1C. The molecule has 0 aliphatic carbocycles. The average molecular weight is 253 g/mol. The fourth-order valence-corrected chi connectivity index (χ4v) is 2.52. The summed E-state index contributed by atoms with van der Waals surface area (Å²) in [4.78, 5) is 0. The van der Waals surface area contributed by atoms with Crippen molar-refractivity contribution in [3.63, 3.8) is 0 Å².